The Hall–Kier alpha value is -4.28. The maximum absolute atomic E-state index is 2.78. The standard InChI is InChI=1S/C52H57BN2S/c1-31(2)37-29-42-47(38-27-32(3)19-24-36(37)38)54(34-15-12-11-13-16-34)43-17-14-18-44-46(43)53(42)49-48(55(44)35-22-20-33(21-23-35)50(4,5)6)39-28-40-41(30-45(39)56-49)52(9,10)26-25-51(40,7)8/h12,14-17,19-24,27-31,44H,11,13,18,25-26H2,1-10H3. The fourth-order valence-corrected chi connectivity index (χ4v) is 12.2. The Balaban J connectivity index is 1.34. The minimum absolute atomic E-state index is 0.0938. The molecule has 0 radical (unpaired) electrons. The smallest absolute Gasteiger partial charge is 0.259 e. The molecule has 0 fully saturated rings. The molecule has 3 heterocycles. The predicted octanol–water partition coefficient (Wildman–Crippen LogP) is 13.1. The van der Waals surface area contributed by atoms with Crippen LogP contribution in [0.3, 0.4) is 0 Å². The Morgan fingerprint density at radius 2 is 1.52 bits per heavy atom. The molecule has 2 nitrogen and oxygen atoms in total. The zero-order valence-electron chi connectivity index (χ0n) is 35.2. The summed E-state index contributed by atoms with van der Waals surface area (Å²) >= 11 is 2.08. The molecule has 0 saturated heterocycles. The van der Waals surface area contributed by atoms with E-state index in [1.807, 2.05) is 0 Å². The highest BCUT2D eigenvalue weighted by atomic mass is 32.1. The fraction of sp³-hybridized carbons (Fsp3) is 0.385. The first-order valence-electron chi connectivity index (χ1n) is 21.3. The van der Waals surface area contributed by atoms with Gasteiger partial charge in [-0.25, -0.2) is 0 Å². The molecule has 0 N–H and O–H groups in total. The number of aryl methyl sites for hydroxylation is 1. The van der Waals surface area contributed by atoms with Gasteiger partial charge >= 0.3 is 0 Å². The topological polar surface area (TPSA) is 6.48 Å². The molecule has 5 aliphatic rings. The highest BCUT2D eigenvalue weighted by Crippen LogP contribution is 2.53. The highest BCUT2D eigenvalue weighted by Gasteiger charge is 2.50. The summed E-state index contributed by atoms with van der Waals surface area (Å²) in [6, 6.07) is 24.9. The van der Waals surface area contributed by atoms with Gasteiger partial charge in [-0.2, -0.15) is 0 Å². The number of fused-ring (bicyclic) bond motifs is 9. The van der Waals surface area contributed by atoms with Gasteiger partial charge < -0.3 is 9.80 Å². The van der Waals surface area contributed by atoms with Crippen molar-refractivity contribution in [3.63, 3.8) is 0 Å². The van der Waals surface area contributed by atoms with E-state index in [0.717, 1.165) is 19.3 Å². The average molecular weight is 753 g/mol. The van der Waals surface area contributed by atoms with Crippen LogP contribution in [-0.2, 0) is 16.2 Å². The predicted molar refractivity (Wildman–Crippen MR) is 246 cm³/mol. The largest absolute Gasteiger partial charge is 0.334 e. The summed E-state index contributed by atoms with van der Waals surface area (Å²) in [7, 11) is 0. The molecule has 2 aliphatic heterocycles. The maximum Gasteiger partial charge on any atom is 0.259 e. The summed E-state index contributed by atoms with van der Waals surface area (Å²) in [5.74, 6) is 0.407. The third kappa shape index (κ3) is 5.27. The molecule has 4 aromatic carbocycles. The Morgan fingerprint density at radius 3 is 2.20 bits per heavy atom. The van der Waals surface area contributed by atoms with Crippen molar-refractivity contribution in [2.45, 2.75) is 130 Å². The molecule has 0 bridgehead atoms. The Kier molecular flexibility index (Phi) is 7.97. The van der Waals surface area contributed by atoms with Crippen molar-refractivity contribution < 1.29 is 0 Å². The van der Waals surface area contributed by atoms with E-state index in [1.165, 1.54) is 89.1 Å². The molecule has 1 unspecified atom stereocenters. The van der Waals surface area contributed by atoms with Crippen molar-refractivity contribution in [3.8, 4) is 0 Å². The molecule has 1 atom stereocenters. The molecule has 0 spiro atoms. The van der Waals surface area contributed by atoms with Crippen molar-refractivity contribution in [2.24, 2.45) is 0 Å². The lowest BCUT2D eigenvalue weighted by Crippen LogP contribution is -2.60. The first kappa shape index (κ1) is 36.1. The average Bonchev–Trinajstić information content (AvgIpc) is 3.54. The van der Waals surface area contributed by atoms with Gasteiger partial charge in [-0.3, -0.25) is 0 Å². The zero-order chi connectivity index (χ0) is 39.1. The van der Waals surface area contributed by atoms with Crippen LogP contribution in [0, 0.1) is 6.92 Å². The van der Waals surface area contributed by atoms with Crippen LogP contribution in [0.4, 0.5) is 17.1 Å². The van der Waals surface area contributed by atoms with Crippen LogP contribution in [0.15, 0.2) is 108 Å². The van der Waals surface area contributed by atoms with Crippen LogP contribution < -0.4 is 20.0 Å². The van der Waals surface area contributed by atoms with Crippen LogP contribution in [0.2, 0.25) is 0 Å². The molecule has 0 saturated carbocycles. The van der Waals surface area contributed by atoms with Gasteiger partial charge in [-0.05, 0) is 142 Å². The lowest BCUT2D eigenvalue weighted by Gasteiger charge is -2.49. The summed E-state index contributed by atoms with van der Waals surface area (Å²) in [6.07, 6.45) is 17.8. The lowest BCUT2D eigenvalue weighted by molar-refractivity contribution is 0.332. The van der Waals surface area contributed by atoms with Gasteiger partial charge in [0.05, 0.1) is 11.7 Å². The molecule has 0 amide bonds. The first-order valence-corrected chi connectivity index (χ1v) is 22.1. The van der Waals surface area contributed by atoms with E-state index in [2.05, 4.69) is 181 Å². The molecule has 3 aliphatic carbocycles. The van der Waals surface area contributed by atoms with Gasteiger partial charge in [-0.15, -0.1) is 11.3 Å². The molecule has 4 heteroatoms. The molecular formula is C52H57BN2S. The minimum atomic E-state index is 0.0938. The van der Waals surface area contributed by atoms with E-state index in [-0.39, 0.29) is 29.0 Å². The zero-order valence-corrected chi connectivity index (χ0v) is 36.0. The van der Waals surface area contributed by atoms with E-state index < -0.39 is 0 Å². The maximum atomic E-state index is 2.78. The number of benzene rings is 4. The molecule has 284 valence electrons. The van der Waals surface area contributed by atoms with Crippen LogP contribution >= 0.6 is 11.3 Å². The summed E-state index contributed by atoms with van der Waals surface area (Å²) in [5, 5.41) is 4.21. The quantitative estimate of drug-likeness (QED) is 0.169. The molecule has 10 rings (SSSR count). The van der Waals surface area contributed by atoms with E-state index in [0.29, 0.717) is 5.92 Å². The number of allylic oxidation sites excluding steroid dienone is 4. The van der Waals surface area contributed by atoms with Gasteiger partial charge in [0, 0.05) is 43.0 Å². The SMILES string of the molecule is Cc1ccc2c(C(C)C)cc3c(c2c1)N(C1=CCCC=C1)C1=C2B3c3sc4cc5c(cc4c3N(c3ccc(C(C)(C)C)cc3)C2CC=C1)C(C)(C)CCC5(C)C. The van der Waals surface area contributed by atoms with Gasteiger partial charge in [0.2, 0.25) is 0 Å². The number of nitrogens with zero attached hydrogens (tertiary/aromatic N) is 2. The number of hydrogen-bond acceptors (Lipinski definition) is 3. The van der Waals surface area contributed by atoms with Crippen molar-refractivity contribution in [3.05, 3.63) is 136 Å². The van der Waals surface area contributed by atoms with E-state index in [9.17, 15) is 0 Å². The monoisotopic (exact) mass is 752 g/mol. The number of thiophene rings is 1. The number of anilines is 3. The third-order valence-corrected chi connectivity index (χ3v) is 15.3. The minimum Gasteiger partial charge on any atom is -0.334 e. The van der Waals surface area contributed by atoms with Crippen LogP contribution in [0.25, 0.3) is 20.9 Å². The molecule has 56 heavy (non-hydrogen) atoms. The van der Waals surface area contributed by atoms with E-state index in [1.54, 1.807) is 16.6 Å². The number of hydrogen-bond donors (Lipinski definition) is 0. The molecule has 5 aromatic rings. The Morgan fingerprint density at radius 1 is 0.786 bits per heavy atom. The first-order chi connectivity index (χ1) is 26.6. The van der Waals surface area contributed by atoms with E-state index >= 15 is 0 Å². The van der Waals surface area contributed by atoms with Crippen molar-refractivity contribution in [1.29, 1.82) is 0 Å². The van der Waals surface area contributed by atoms with Crippen LogP contribution in [0.5, 0.6) is 0 Å². The second kappa shape index (κ2) is 12.4. The summed E-state index contributed by atoms with van der Waals surface area (Å²) < 4.78 is 2.94. The summed E-state index contributed by atoms with van der Waals surface area (Å²) in [5.41, 5.74) is 17.5. The van der Waals surface area contributed by atoms with Gasteiger partial charge in [0.1, 0.15) is 0 Å². The highest BCUT2D eigenvalue weighted by molar-refractivity contribution is 7.32. The van der Waals surface area contributed by atoms with Crippen molar-refractivity contribution in [1.82, 2.24) is 0 Å². The summed E-state index contributed by atoms with van der Waals surface area (Å²) in [4.78, 5) is 5.46. The van der Waals surface area contributed by atoms with Gasteiger partial charge in [-0.1, -0.05) is 116 Å². The molecule has 1 aromatic heterocycles. The van der Waals surface area contributed by atoms with Gasteiger partial charge in [0.15, 0.2) is 0 Å². The molecular weight excluding hydrogens is 695 g/mol. The normalized spacial score (nSPS) is 20.7. The number of rotatable bonds is 3. The van der Waals surface area contributed by atoms with Crippen LogP contribution in [-0.4, -0.2) is 12.8 Å². The Labute approximate surface area is 339 Å². The Bertz CT molecular complexity index is 2600. The van der Waals surface area contributed by atoms with Crippen molar-refractivity contribution in [2.75, 3.05) is 9.80 Å². The lowest BCUT2D eigenvalue weighted by atomic mass is 9.33. The van der Waals surface area contributed by atoms with Crippen molar-refractivity contribution >= 4 is 66.2 Å². The fourth-order valence-electron chi connectivity index (χ4n) is 10.8. The van der Waals surface area contributed by atoms with E-state index in [4.69, 9.17) is 0 Å². The van der Waals surface area contributed by atoms with Crippen LogP contribution in [0.1, 0.15) is 128 Å². The second-order valence-corrected chi connectivity index (χ2v) is 21.2. The third-order valence-electron chi connectivity index (χ3n) is 14.0. The second-order valence-electron chi connectivity index (χ2n) is 20.1. The summed E-state index contributed by atoms with van der Waals surface area (Å²) in [6.45, 7) is 24.1. The van der Waals surface area contributed by atoms with Gasteiger partial charge in [0.25, 0.3) is 6.71 Å².